The van der Waals surface area contributed by atoms with Gasteiger partial charge in [-0.15, -0.1) is 0 Å². The van der Waals surface area contributed by atoms with Gasteiger partial charge in [-0.05, 0) is 48.7 Å². The van der Waals surface area contributed by atoms with Crippen LogP contribution < -0.4 is 24.8 Å². The highest BCUT2D eigenvalue weighted by Gasteiger charge is 2.49. The monoisotopic (exact) mass is 477 g/mol. The van der Waals surface area contributed by atoms with Crippen LogP contribution in [0.15, 0.2) is 42.5 Å². The van der Waals surface area contributed by atoms with Gasteiger partial charge >= 0.3 is 12.6 Å². The van der Waals surface area contributed by atoms with Crippen molar-refractivity contribution >= 4 is 17.8 Å². The number of amides is 4. The normalized spacial score (nSPS) is 17.5. The van der Waals surface area contributed by atoms with E-state index in [1.54, 1.807) is 37.3 Å². The van der Waals surface area contributed by atoms with Crippen molar-refractivity contribution in [1.82, 2.24) is 15.5 Å². The third kappa shape index (κ3) is 5.36. The summed E-state index contributed by atoms with van der Waals surface area (Å²) in [4.78, 5) is 38.6. The van der Waals surface area contributed by atoms with Crippen molar-refractivity contribution in [2.24, 2.45) is 0 Å². The number of nitrogens with one attached hydrogen (secondary N) is 2. The fraction of sp³-hybridized carbons (Fsp3) is 0.348. The molecule has 1 saturated heterocycles. The molecule has 1 fully saturated rings. The zero-order valence-corrected chi connectivity index (χ0v) is 18.9. The Kier molecular flexibility index (Phi) is 7.54. The summed E-state index contributed by atoms with van der Waals surface area (Å²) in [6.45, 7) is -1.75. The third-order valence-electron chi connectivity index (χ3n) is 5.42. The molecule has 4 amide bonds. The minimum absolute atomic E-state index is 0.113. The van der Waals surface area contributed by atoms with Gasteiger partial charge in [0.25, 0.3) is 5.91 Å². The van der Waals surface area contributed by atoms with E-state index < -0.39 is 36.5 Å². The van der Waals surface area contributed by atoms with E-state index in [-0.39, 0.29) is 18.0 Å². The van der Waals surface area contributed by atoms with Crippen molar-refractivity contribution in [1.29, 1.82) is 0 Å². The number of methoxy groups -OCH3 is 2. The van der Waals surface area contributed by atoms with E-state index in [4.69, 9.17) is 9.47 Å². The standard InChI is InChI=1S/C23H25F2N3O6/c1-23(15-5-7-16(32-2)8-6-15)20(30)28(22(31)27-23)13-19(29)26-11-10-14-4-9-17(33-3)18(12-14)34-21(24)25/h4-9,12,21H,10-11,13H2,1-3H3,(H,26,29)(H,27,31). The second-order valence-corrected chi connectivity index (χ2v) is 7.64. The van der Waals surface area contributed by atoms with Crippen molar-refractivity contribution < 1.29 is 37.4 Å². The highest BCUT2D eigenvalue weighted by molar-refractivity contribution is 6.09. The molecule has 0 spiro atoms. The van der Waals surface area contributed by atoms with E-state index in [1.807, 2.05) is 0 Å². The Morgan fingerprint density at radius 2 is 1.79 bits per heavy atom. The van der Waals surface area contributed by atoms with Gasteiger partial charge in [0, 0.05) is 6.54 Å². The van der Waals surface area contributed by atoms with Gasteiger partial charge in [-0.3, -0.25) is 14.5 Å². The summed E-state index contributed by atoms with van der Waals surface area (Å²) in [6.07, 6.45) is 0.305. The number of ether oxygens (including phenoxy) is 3. The molecule has 1 heterocycles. The van der Waals surface area contributed by atoms with Crippen LogP contribution in [0.4, 0.5) is 13.6 Å². The number of hydrogen-bond acceptors (Lipinski definition) is 6. The summed E-state index contributed by atoms with van der Waals surface area (Å²) >= 11 is 0. The van der Waals surface area contributed by atoms with Gasteiger partial charge in [0.05, 0.1) is 14.2 Å². The Morgan fingerprint density at radius 3 is 2.41 bits per heavy atom. The predicted octanol–water partition coefficient (Wildman–Crippen LogP) is 2.43. The lowest BCUT2D eigenvalue weighted by molar-refractivity contribution is -0.134. The first kappa shape index (κ1) is 24.7. The lowest BCUT2D eigenvalue weighted by Crippen LogP contribution is -2.43. The van der Waals surface area contributed by atoms with Gasteiger partial charge in [-0.1, -0.05) is 18.2 Å². The first-order valence-electron chi connectivity index (χ1n) is 10.3. The summed E-state index contributed by atoms with van der Waals surface area (Å²) in [6, 6.07) is 10.5. The molecule has 0 radical (unpaired) electrons. The van der Waals surface area contributed by atoms with Crippen LogP contribution in [-0.4, -0.2) is 56.7 Å². The highest BCUT2D eigenvalue weighted by atomic mass is 19.3. The van der Waals surface area contributed by atoms with Crippen LogP contribution in [0.1, 0.15) is 18.1 Å². The highest BCUT2D eigenvalue weighted by Crippen LogP contribution is 2.31. The van der Waals surface area contributed by atoms with Crippen LogP contribution >= 0.6 is 0 Å². The molecule has 0 saturated carbocycles. The van der Waals surface area contributed by atoms with Crippen LogP contribution in [-0.2, 0) is 21.5 Å². The molecule has 182 valence electrons. The molecule has 3 rings (SSSR count). The molecule has 9 nitrogen and oxygen atoms in total. The average molecular weight is 477 g/mol. The van der Waals surface area contributed by atoms with E-state index in [2.05, 4.69) is 15.4 Å². The maximum atomic E-state index is 13.0. The Hall–Kier alpha value is -3.89. The summed E-state index contributed by atoms with van der Waals surface area (Å²) in [5.41, 5.74) is -0.136. The molecule has 1 aliphatic heterocycles. The van der Waals surface area contributed by atoms with Gasteiger partial charge in [-0.2, -0.15) is 8.78 Å². The van der Waals surface area contributed by atoms with E-state index in [0.29, 0.717) is 23.3 Å². The number of alkyl halides is 2. The Bertz CT molecular complexity index is 1060. The zero-order chi connectivity index (χ0) is 24.9. The smallest absolute Gasteiger partial charge is 0.387 e. The molecule has 0 aliphatic carbocycles. The molecule has 34 heavy (non-hydrogen) atoms. The third-order valence-corrected chi connectivity index (χ3v) is 5.42. The van der Waals surface area contributed by atoms with Gasteiger partial charge in [0.2, 0.25) is 5.91 Å². The second-order valence-electron chi connectivity index (χ2n) is 7.64. The fourth-order valence-electron chi connectivity index (χ4n) is 3.57. The van der Waals surface area contributed by atoms with Crippen LogP contribution in [0.25, 0.3) is 0 Å². The molecular weight excluding hydrogens is 452 g/mol. The molecule has 1 atom stereocenters. The van der Waals surface area contributed by atoms with Gasteiger partial charge in [0.15, 0.2) is 11.5 Å². The summed E-state index contributed by atoms with van der Waals surface area (Å²) in [5, 5.41) is 5.25. The molecule has 11 heteroatoms. The summed E-state index contributed by atoms with van der Waals surface area (Å²) < 4.78 is 39.7. The maximum absolute atomic E-state index is 13.0. The predicted molar refractivity (Wildman–Crippen MR) is 117 cm³/mol. The largest absolute Gasteiger partial charge is 0.497 e. The molecule has 0 bridgehead atoms. The first-order valence-corrected chi connectivity index (χ1v) is 10.3. The average Bonchev–Trinajstić information content (AvgIpc) is 3.02. The molecule has 2 aromatic carbocycles. The lowest BCUT2D eigenvalue weighted by atomic mass is 9.92. The van der Waals surface area contributed by atoms with E-state index >= 15 is 0 Å². The number of imide groups is 1. The van der Waals surface area contributed by atoms with Crippen LogP contribution in [0.3, 0.4) is 0 Å². The van der Waals surface area contributed by atoms with Crippen LogP contribution in [0.5, 0.6) is 17.2 Å². The number of rotatable bonds is 10. The lowest BCUT2D eigenvalue weighted by Gasteiger charge is -2.22. The molecule has 0 aromatic heterocycles. The number of halogens is 2. The van der Waals surface area contributed by atoms with Gasteiger partial charge in [0.1, 0.15) is 17.8 Å². The number of carbonyl (C=O) groups excluding carboxylic acids is 3. The van der Waals surface area contributed by atoms with Crippen molar-refractivity contribution in [3.05, 3.63) is 53.6 Å². The van der Waals surface area contributed by atoms with Gasteiger partial charge < -0.3 is 24.8 Å². The second kappa shape index (κ2) is 10.4. The van der Waals surface area contributed by atoms with Crippen molar-refractivity contribution in [3.63, 3.8) is 0 Å². The van der Waals surface area contributed by atoms with Crippen molar-refractivity contribution in [3.8, 4) is 17.2 Å². The fourth-order valence-corrected chi connectivity index (χ4v) is 3.57. The van der Waals surface area contributed by atoms with Crippen molar-refractivity contribution in [2.75, 3.05) is 27.3 Å². The summed E-state index contributed by atoms with van der Waals surface area (Å²) in [7, 11) is 2.85. The zero-order valence-electron chi connectivity index (χ0n) is 18.9. The number of urea groups is 1. The van der Waals surface area contributed by atoms with Crippen molar-refractivity contribution in [2.45, 2.75) is 25.5 Å². The van der Waals surface area contributed by atoms with E-state index in [0.717, 1.165) is 4.90 Å². The number of nitrogens with zero attached hydrogens (tertiary/aromatic N) is 1. The SMILES string of the molecule is COc1ccc(C2(C)NC(=O)N(CC(=O)NCCc3ccc(OC)c(OC(F)F)c3)C2=O)cc1. The maximum Gasteiger partial charge on any atom is 0.387 e. The molecule has 1 aliphatic rings. The Balaban J connectivity index is 1.57. The molecule has 1 unspecified atom stereocenters. The van der Waals surface area contributed by atoms with E-state index in [9.17, 15) is 23.2 Å². The first-order chi connectivity index (χ1) is 16.2. The quantitative estimate of drug-likeness (QED) is 0.509. The number of hydrogen-bond donors (Lipinski definition) is 2. The molecular formula is C23H25F2N3O6. The summed E-state index contributed by atoms with van der Waals surface area (Å²) in [5.74, 6) is -0.447. The molecule has 2 N–H and O–H groups in total. The Morgan fingerprint density at radius 1 is 1.09 bits per heavy atom. The topological polar surface area (TPSA) is 106 Å². The minimum atomic E-state index is -3.00. The van der Waals surface area contributed by atoms with Crippen LogP contribution in [0.2, 0.25) is 0 Å². The van der Waals surface area contributed by atoms with Gasteiger partial charge in [-0.25, -0.2) is 4.79 Å². The molecule has 2 aromatic rings. The number of benzene rings is 2. The van der Waals surface area contributed by atoms with E-state index in [1.165, 1.54) is 26.4 Å². The van der Waals surface area contributed by atoms with Crippen LogP contribution in [0, 0.1) is 0 Å². The Labute approximate surface area is 195 Å². The number of carbonyl (C=O) groups is 3. The minimum Gasteiger partial charge on any atom is -0.497 e.